The van der Waals surface area contributed by atoms with Crippen molar-refractivity contribution in [2.75, 3.05) is 36.3 Å². The number of hydrazine groups is 1. The number of carbonyl (C=O) groups excluding carboxylic acids is 1. The minimum Gasteiger partial charge on any atom is -0.468 e. The monoisotopic (exact) mass is 298 g/mol. The summed E-state index contributed by atoms with van der Waals surface area (Å²) in [5.74, 6) is 6.11. The van der Waals surface area contributed by atoms with Gasteiger partial charge in [-0.2, -0.15) is 15.0 Å². The second-order valence-electron chi connectivity index (χ2n) is 4.30. The Balaban J connectivity index is 2.12. The summed E-state index contributed by atoms with van der Waals surface area (Å²) in [4.78, 5) is 26.0. The third kappa shape index (κ3) is 3.94. The molecule has 1 aliphatic heterocycles. The van der Waals surface area contributed by atoms with Gasteiger partial charge in [0.2, 0.25) is 11.9 Å². The van der Waals surface area contributed by atoms with Crippen molar-refractivity contribution in [2.45, 2.75) is 24.4 Å². The molecule has 0 saturated carbocycles. The predicted octanol–water partition coefficient (Wildman–Crippen LogP) is 0.413. The highest BCUT2D eigenvalue weighted by molar-refractivity contribution is 7.99. The number of nitrogens with one attached hydrogen (secondary N) is 1. The number of ether oxygens (including phenoxy) is 1. The van der Waals surface area contributed by atoms with Crippen LogP contribution in [-0.2, 0) is 9.53 Å². The lowest BCUT2D eigenvalue weighted by Gasteiger charge is -2.26. The fraction of sp³-hybridized carbons (Fsp3) is 0.636. The number of hydrogen-bond donors (Lipinski definition) is 2. The molecule has 0 spiro atoms. The number of nitrogens with zero attached hydrogens (tertiary/aromatic N) is 4. The number of aromatic nitrogens is 3. The van der Waals surface area contributed by atoms with Gasteiger partial charge in [-0.15, -0.1) is 0 Å². The first-order valence-electron chi connectivity index (χ1n) is 6.40. The molecule has 0 amide bonds. The van der Waals surface area contributed by atoms with Gasteiger partial charge in [-0.05, 0) is 19.3 Å². The largest absolute Gasteiger partial charge is 0.468 e. The van der Waals surface area contributed by atoms with Crippen LogP contribution in [0, 0.1) is 0 Å². The second-order valence-corrected chi connectivity index (χ2v) is 5.24. The quantitative estimate of drug-likeness (QED) is 0.346. The second kappa shape index (κ2) is 7.25. The van der Waals surface area contributed by atoms with E-state index in [-0.39, 0.29) is 11.7 Å². The highest BCUT2D eigenvalue weighted by Gasteiger charge is 2.16. The van der Waals surface area contributed by atoms with Crippen molar-refractivity contribution in [1.82, 2.24) is 15.0 Å². The van der Waals surface area contributed by atoms with E-state index in [2.05, 4.69) is 30.0 Å². The minimum absolute atomic E-state index is 0.157. The number of esters is 1. The number of nitrogens with two attached hydrogens (primary N) is 1. The summed E-state index contributed by atoms with van der Waals surface area (Å²) in [7, 11) is 1.35. The topological polar surface area (TPSA) is 106 Å². The highest BCUT2D eigenvalue weighted by atomic mass is 32.2. The first-order chi connectivity index (χ1) is 9.72. The van der Waals surface area contributed by atoms with Crippen molar-refractivity contribution in [1.29, 1.82) is 0 Å². The van der Waals surface area contributed by atoms with E-state index in [1.807, 2.05) is 0 Å². The highest BCUT2D eigenvalue weighted by Crippen LogP contribution is 2.21. The van der Waals surface area contributed by atoms with Gasteiger partial charge >= 0.3 is 5.97 Å². The van der Waals surface area contributed by atoms with Crippen LogP contribution in [-0.4, -0.2) is 46.9 Å². The summed E-state index contributed by atoms with van der Waals surface area (Å²) in [6.07, 6.45) is 3.48. The van der Waals surface area contributed by atoms with Gasteiger partial charge in [0.25, 0.3) is 0 Å². The Morgan fingerprint density at radius 2 is 2.10 bits per heavy atom. The van der Waals surface area contributed by atoms with E-state index < -0.39 is 0 Å². The maximum atomic E-state index is 11.2. The van der Waals surface area contributed by atoms with Crippen molar-refractivity contribution in [3.05, 3.63) is 0 Å². The molecule has 0 unspecified atom stereocenters. The van der Waals surface area contributed by atoms with Crippen LogP contribution in [0.2, 0.25) is 0 Å². The molecule has 0 atom stereocenters. The maximum Gasteiger partial charge on any atom is 0.316 e. The Hall–Kier alpha value is -1.61. The molecule has 1 fully saturated rings. The average molecular weight is 298 g/mol. The number of rotatable bonds is 5. The fourth-order valence-corrected chi connectivity index (χ4v) is 2.55. The first-order valence-corrected chi connectivity index (χ1v) is 7.38. The molecular formula is C11H18N6O2S. The van der Waals surface area contributed by atoms with Crippen LogP contribution in [0.1, 0.15) is 19.3 Å². The first kappa shape index (κ1) is 14.8. The average Bonchev–Trinajstić information content (AvgIpc) is 2.53. The summed E-state index contributed by atoms with van der Waals surface area (Å²) in [5, 5.41) is 0.457. The van der Waals surface area contributed by atoms with E-state index in [9.17, 15) is 4.79 Å². The van der Waals surface area contributed by atoms with Gasteiger partial charge in [0.05, 0.1) is 12.9 Å². The maximum absolute atomic E-state index is 11.2. The molecule has 0 bridgehead atoms. The molecule has 3 N–H and O–H groups in total. The Labute approximate surface area is 121 Å². The smallest absolute Gasteiger partial charge is 0.316 e. The Kier molecular flexibility index (Phi) is 5.36. The van der Waals surface area contributed by atoms with E-state index in [1.165, 1.54) is 25.3 Å². The van der Waals surface area contributed by atoms with E-state index >= 15 is 0 Å². The third-order valence-electron chi connectivity index (χ3n) is 2.92. The number of anilines is 2. The number of carbonyl (C=O) groups is 1. The summed E-state index contributed by atoms with van der Waals surface area (Å²) >= 11 is 1.20. The molecule has 2 heterocycles. The molecule has 8 nitrogen and oxygen atoms in total. The van der Waals surface area contributed by atoms with E-state index in [4.69, 9.17) is 5.84 Å². The van der Waals surface area contributed by atoms with Crippen LogP contribution in [0.3, 0.4) is 0 Å². The van der Waals surface area contributed by atoms with Gasteiger partial charge in [-0.1, -0.05) is 11.8 Å². The molecule has 110 valence electrons. The minimum atomic E-state index is -0.322. The fourth-order valence-electron chi connectivity index (χ4n) is 1.89. The molecule has 20 heavy (non-hydrogen) atoms. The van der Waals surface area contributed by atoms with Crippen LogP contribution < -0.4 is 16.2 Å². The molecule has 9 heteroatoms. The number of piperidine rings is 1. The Bertz CT molecular complexity index is 466. The number of thioether (sulfide) groups is 1. The summed E-state index contributed by atoms with van der Waals surface area (Å²) in [5.41, 5.74) is 2.43. The van der Waals surface area contributed by atoms with Gasteiger partial charge in [-0.3, -0.25) is 10.2 Å². The summed E-state index contributed by atoms with van der Waals surface area (Å²) in [6.45, 7) is 1.85. The molecule has 1 aliphatic rings. The van der Waals surface area contributed by atoms with Crippen molar-refractivity contribution in [3.63, 3.8) is 0 Å². The van der Waals surface area contributed by atoms with Crippen molar-refractivity contribution in [2.24, 2.45) is 5.84 Å². The SMILES string of the molecule is COC(=O)CSc1nc(NN)nc(N2CCCCC2)n1. The lowest BCUT2D eigenvalue weighted by molar-refractivity contribution is -0.137. The molecule has 0 aromatic carbocycles. The molecule has 1 aromatic rings. The number of methoxy groups -OCH3 is 1. The van der Waals surface area contributed by atoms with Crippen molar-refractivity contribution < 1.29 is 9.53 Å². The van der Waals surface area contributed by atoms with Crippen LogP contribution in [0.15, 0.2) is 5.16 Å². The number of nitrogen functional groups attached to an aromatic ring is 1. The molecule has 1 aromatic heterocycles. The summed E-state index contributed by atoms with van der Waals surface area (Å²) in [6, 6.07) is 0. The lowest BCUT2D eigenvalue weighted by Crippen LogP contribution is -2.31. The van der Waals surface area contributed by atoms with Crippen LogP contribution in [0.4, 0.5) is 11.9 Å². The van der Waals surface area contributed by atoms with Gasteiger partial charge in [0.1, 0.15) is 0 Å². The third-order valence-corrected chi connectivity index (χ3v) is 3.74. The van der Waals surface area contributed by atoms with Crippen LogP contribution in [0.5, 0.6) is 0 Å². The van der Waals surface area contributed by atoms with E-state index in [0.29, 0.717) is 17.1 Å². The summed E-state index contributed by atoms with van der Waals surface area (Å²) < 4.78 is 4.59. The van der Waals surface area contributed by atoms with E-state index in [1.54, 1.807) is 0 Å². The lowest BCUT2D eigenvalue weighted by atomic mass is 10.1. The van der Waals surface area contributed by atoms with Crippen molar-refractivity contribution in [3.8, 4) is 0 Å². The Morgan fingerprint density at radius 1 is 1.35 bits per heavy atom. The van der Waals surface area contributed by atoms with Crippen LogP contribution >= 0.6 is 11.8 Å². The molecule has 0 radical (unpaired) electrons. The van der Waals surface area contributed by atoms with Gasteiger partial charge in [0, 0.05) is 13.1 Å². The molecule has 0 aliphatic carbocycles. The molecule has 2 rings (SSSR count). The standard InChI is InChI=1S/C11H18N6O2S/c1-19-8(18)7-20-11-14-9(16-12)13-10(15-11)17-5-3-2-4-6-17/h2-7,12H2,1H3,(H,13,14,15,16). The van der Waals surface area contributed by atoms with Crippen LogP contribution in [0.25, 0.3) is 0 Å². The van der Waals surface area contributed by atoms with Gasteiger partial charge in [-0.25, -0.2) is 5.84 Å². The predicted molar refractivity (Wildman–Crippen MR) is 76.4 cm³/mol. The zero-order valence-electron chi connectivity index (χ0n) is 11.3. The van der Waals surface area contributed by atoms with Gasteiger partial charge in [0.15, 0.2) is 5.16 Å². The van der Waals surface area contributed by atoms with Crippen molar-refractivity contribution >= 4 is 29.6 Å². The molecular weight excluding hydrogens is 280 g/mol. The normalized spacial score (nSPS) is 15.0. The number of hydrogen-bond acceptors (Lipinski definition) is 9. The zero-order valence-corrected chi connectivity index (χ0v) is 12.2. The zero-order chi connectivity index (χ0) is 14.4. The Morgan fingerprint density at radius 3 is 2.75 bits per heavy atom. The molecule has 1 saturated heterocycles. The van der Waals surface area contributed by atoms with Gasteiger partial charge < -0.3 is 9.64 Å². The van der Waals surface area contributed by atoms with E-state index in [0.717, 1.165) is 25.9 Å².